The fourth-order valence-corrected chi connectivity index (χ4v) is 4.98. The second-order valence-electron chi connectivity index (χ2n) is 8.25. The van der Waals surface area contributed by atoms with Gasteiger partial charge in [0.25, 0.3) is 0 Å². The molecule has 34 heavy (non-hydrogen) atoms. The number of amides is 1. The first-order valence-electron chi connectivity index (χ1n) is 10.6. The van der Waals surface area contributed by atoms with Crippen LogP contribution in [0.15, 0.2) is 63.5 Å². The molecule has 0 unspecified atom stereocenters. The molecular formula is C26H25Br2NO5. The summed E-state index contributed by atoms with van der Waals surface area (Å²) in [6.07, 6.45) is -0.0100. The number of benzene rings is 3. The highest BCUT2D eigenvalue weighted by molar-refractivity contribution is 9.11. The molecule has 0 heterocycles. The first kappa shape index (κ1) is 25.8. The lowest BCUT2D eigenvalue weighted by molar-refractivity contribution is -0.141. The molecule has 3 aromatic rings. The number of carboxylic acid groups (broad SMARTS) is 1. The van der Waals surface area contributed by atoms with Crippen LogP contribution in [0.25, 0.3) is 0 Å². The van der Waals surface area contributed by atoms with Crippen LogP contribution in [-0.4, -0.2) is 22.1 Å². The average Bonchev–Trinajstić information content (AvgIpc) is 2.77. The quantitative estimate of drug-likeness (QED) is 0.274. The zero-order valence-electron chi connectivity index (χ0n) is 18.9. The summed E-state index contributed by atoms with van der Waals surface area (Å²) in [5.74, 6) is -0.0534. The van der Waals surface area contributed by atoms with Crippen LogP contribution in [0.4, 0.5) is 0 Å². The topological polar surface area (TPSA) is 95.9 Å². The lowest BCUT2D eigenvalue weighted by atomic mass is 9.99. The van der Waals surface area contributed by atoms with Crippen LogP contribution in [0.1, 0.15) is 48.1 Å². The summed E-state index contributed by atoms with van der Waals surface area (Å²) in [6, 6.07) is 14.5. The number of aliphatic carboxylic acids is 1. The van der Waals surface area contributed by atoms with E-state index in [1.165, 1.54) is 0 Å². The van der Waals surface area contributed by atoms with Gasteiger partial charge in [0, 0.05) is 5.56 Å². The van der Waals surface area contributed by atoms with E-state index in [9.17, 15) is 19.8 Å². The van der Waals surface area contributed by atoms with E-state index in [0.717, 1.165) is 5.56 Å². The predicted molar refractivity (Wildman–Crippen MR) is 138 cm³/mol. The average molecular weight is 591 g/mol. The van der Waals surface area contributed by atoms with Crippen LogP contribution >= 0.6 is 31.9 Å². The number of hydrogen-bond donors (Lipinski definition) is 3. The van der Waals surface area contributed by atoms with Gasteiger partial charge in [-0.25, -0.2) is 4.79 Å². The number of ether oxygens (including phenoxy) is 1. The van der Waals surface area contributed by atoms with Crippen LogP contribution in [0.5, 0.6) is 17.2 Å². The third kappa shape index (κ3) is 6.18. The Kier molecular flexibility index (Phi) is 8.38. The molecule has 3 N–H and O–H groups in total. The van der Waals surface area contributed by atoms with E-state index in [-0.39, 0.29) is 18.1 Å². The van der Waals surface area contributed by atoms with Crippen molar-refractivity contribution in [2.45, 2.75) is 39.2 Å². The van der Waals surface area contributed by atoms with Crippen molar-refractivity contribution in [3.05, 3.63) is 85.8 Å². The summed E-state index contributed by atoms with van der Waals surface area (Å²) < 4.78 is 7.35. The number of carbonyl (C=O) groups excluding carboxylic acids is 1. The summed E-state index contributed by atoms with van der Waals surface area (Å²) in [5, 5.41) is 22.4. The Morgan fingerprint density at radius 3 is 2.21 bits per heavy atom. The Hall–Kier alpha value is -2.84. The van der Waals surface area contributed by atoms with Crippen molar-refractivity contribution in [3.8, 4) is 17.2 Å². The lowest BCUT2D eigenvalue weighted by Crippen LogP contribution is -2.34. The van der Waals surface area contributed by atoms with Gasteiger partial charge in [0.05, 0.1) is 15.4 Å². The number of carbonyl (C=O) groups is 2. The molecule has 6 nitrogen and oxygen atoms in total. The smallest absolute Gasteiger partial charge is 0.330 e. The van der Waals surface area contributed by atoms with Crippen molar-refractivity contribution in [2.75, 3.05) is 0 Å². The predicted octanol–water partition coefficient (Wildman–Crippen LogP) is 6.63. The maximum Gasteiger partial charge on any atom is 0.330 e. The Morgan fingerprint density at radius 1 is 1.03 bits per heavy atom. The van der Waals surface area contributed by atoms with Gasteiger partial charge in [-0.05, 0) is 85.7 Å². The molecule has 0 aromatic heterocycles. The van der Waals surface area contributed by atoms with Crippen molar-refractivity contribution < 1.29 is 24.5 Å². The molecule has 0 bridgehead atoms. The molecule has 0 aliphatic carbocycles. The van der Waals surface area contributed by atoms with Crippen molar-refractivity contribution in [1.82, 2.24) is 5.32 Å². The van der Waals surface area contributed by atoms with Crippen molar-refractivity contribution >= 4 is 43.7 Å². The molecule has 3 aromatic carbocycles. The highest BCUT2D eigenvalue weighted by atomic mass is 79.9. The molecule has 0 aliphatic rings. The van der Waals surface area contributed by atoms with E-state index < -0.39 is 17.9 Å². The van der Waals surface area contributed by atoms with E-state index in [0.29, 0.717) is 37.1 Å². The number of halogens is 2. The Bertz CT molecular complexity index is 1190. The molecule has 0 spiro atoms. The van der Waals surface area contributed by atoms with E-state index in [2.05, 4.69) is 37.2 Å². The summed E-state index contributed by atoms with van der Waals surface area (Å²) in [6.45, 7) is 5.81. The summed E-state index contributed by atoms with van der Waals surface area (Å²) >= 11 is 7.01. The van der Waals surface area contributed by atoms with Crippen LogP contribution in [0.2, 0.25) is 0 Å². The van der Waals surface area contributed by atoms with Gasteiger partial charge in [-0.3, -0.25) is 4.79 Å². The van der Waals surface area contributed by atoms with Gasteiger partial charge in [-0.15, -0.1) is 0 Å². The highest BCUT2D eigenvalue weighted by Crippen LogP contribution is 2.40. The molecule has 3 rings (SSSR count). The minimum absolute atomic E-state index is 0.0100. The van der Waals surface area contributed by atoms with Gasteiger partial charge >= 0.3 is 5.97 Å². The second kappa shape index (κ2) is 11.1. The number of phenols is 1. The third-order valence-electron chi connectivity index (χ3n) is 5.25. The number of hydrogen-bond acceptors (Lipinski definition) is 4. The van der Waals surface area contributed by atoms with Gasteiger partial charge in [-0.2, -0.15) is 0 Å². The molecule has 0 aliphatic heterocycles. The second-order valence-corrected chi connectivity index (χ2v) is 9.96. The van der Waals surface area contributed by atoms with E-state index in [1.807, 2.05) is 26.8 Å². The van der Waals surface area contributed by atoms with Gasteiger partial charge < -0.3 is 20.3 Å². The number of phenolic OH excluding ortho intramolecular Hbond substituents is 1. The number of carboxylic acids is 1. The first-order valence-corrected chi connectivity index (χ1v) is 12.2. The summed E-state index contributed by atoms with van der Waals surface area (Å²) in [4.78, 5) is 24.3. The van der Waals surface area contributed by atoms with Crippen molar-refractivity contribution in [2.24, 2.45) is 0 Å². The zero-order valence-corrected chi connectivity index (χ0v) is 22.1. The number of rotatable bonds is 8. The minimum atomic E-state index is -1.13. The molecule has 8 heteroatoms. The highest BCUT2D eigenvalue weighted by Gasteiger charge is 2.22. The maximum absolute atomic E-state index is 12.6. The van der Waals surface area contributed by atoms with Crippen LogP contribution in [0.3, 0.4) is 0 Å². The lowest BCUT2D eigenvalue weighted by Gasteiger charge is -2.17. The molecule has 1 atom stereocenters. The first-order chi connectivity index (χ1) is 16.1. The van der Waals surface area contributed by atoms with E-state index in [1.54, 1.807) is 48.5 Å². The van der Waals surface area contributed by atoms with Crippen LogP contribution in [-0.2, 0) is 16.0 Å². The molecular weight excluding hydrogens is 566 g/mol. The monoisotopic (exact) mass is 589 g/mol. The van der Waals surface area contributed by atoms with Gasteiger partial charge in [0.2, 0.25) is 5.91 Å². The number of aryl methyl sites for hydroxylation is 1. The van der Waals surface area contributed by atoms with Crippen LogP contribution in [0, 0.1) is 6.92 Å². The zero-order chi connectivity index (χ0) is 25.0. The van der Waals surface area contributed by atoms with E-state index in [4.69, 9.17) is 4.74 Å². The standard InChI is InChI=1S/C26H25Br2NO5/c1-14(2)19-13-18(9-15(3)24(19)31)34-25-20(27)10-16(11-21(25)28)12-22(30)29-23(26(32)33)17-7-5-4-6-8-17/h4-11,13-14,23,31H,12H2,1-3H3,(H,29,30)(H,32,33)/t23-/m0/s1. The summed E-state index contributed by atoms with van der Waals surface area (Å²) in [7, 11) is 0. The SMILES string of the molecule is Cc1cc(Oc2c(Br)cc(CC(=O)N[C@H](C(=O)O)c3ccccc3)cc2Br)cc(C(C)C)c1O. The van der Waals surface area contributed by atoms with Crippen LogP contribution < -0.4 is 10.1 Å². The molecule has 0 saturated heterocycles. The minimum Gasteiger partial charge on any atom is -0.507 e. The van der Waals surface area contributed by atoms with E-state index >= 15 is 0 Å². The molecule has 0 fully saturated rings. The fraction of sp³-hybridized carbons (Fsp3) is 0.231. The molecule has 0 radical (unpaired) electrons. The number of aromatic hydroxyl groups is 1. The molecule has 178 valence electrons. The molecule has 0 saturated carbocycles. The third-order valence-corrected chi connectivity index (χ3v) is 6.43. The maximum atomic E-state index is 12.6. The van der Waals surface area contributed by atoms with Crippen molar-refractivity contribution in [1.29, 1.82) is 0 Å². The van der Waals surface area contributed by atoms with Crippen molar-refractivity contribution in [3.63, 3.8) is 0 Å². The van der Waals surface area contributed by atoms with Gasteiger partial charge in [-0.1, -0.05) is 44.2 Å². The fourth-order valence-electron chi connectivity index (χ4n) is 3.53. The Balaban J connectivity index is 1.78. The Morgan fingerprint density at radius 2 is 1.65 bits per heavy atom. The Labute approximate surface area is 215 Å². The number of nitrogens with one attached hydrogen (secondary N) is 1. The largest absolute Gasteiger partial charge is 0.507 e. The van der Waals surface area contributed by atoms with Gasteiger partial charge in [0.1, 0.15) is 11.5 Å². The summed E-state index contributed by atoms with van der Waals surface area (Å²) in [5.41, 5.74) is 2.68. The van der Waals surface area contributed by atoms with Gasteiger partial charge in [0.15, 0.2) is 11.8 Å². The molecule has 1 amide bonds. The normalized spacial score (nSPS) is 11.8.